The zero-order valence-electron chi connectivity index (χ0n) is 9.47. The van der Waals surface area contributed by atoms with Crippen molar-refractivity contribution >= 4 is 17.5 Å². The number of hydrazine groups is 1. The zero-order valence-corrected chi connectivity index (χ0v) is 10.2. The minimum Gasteiger partial charge on any atom is -0.459 e. The molecule has 2 aromatic heterocycles. The highest BCUT2D eigenvalue weighted by molar-refractivity contribution is 6.30. The molecule has 2 rings (SSSR count). The molecule has 4 N–H and O–H groups in total. The topological polar surface area (TPSA) is 123 Å². The molecule has 0 bridgehead atoms. The third-order valence-electron chi connectivity index (χ3n) is 2.39. The lowest BCUT2D eigenvalue weighted by atomic mass is 10.2. The van der Waals surface area contributed by atoms with Crippen molar-refractivity contribution in [3.8, 4) is 0 Å². The number of aromatic amines is 1. The molecule has 0 aromatic carbocycles. The number of hydrogen-bond acceptors (Lipinski definition) is 5. The van der Waals surface area contributed by atoms with E-state index in [1.165, 1.54) is 18.5 Å². The molecule has 9 heteroatoms. The summed E-state index contributed by atoms with van der Waals surface area (Å²) in [5.74, 6) is 4.36. The highest BCUT2D eigenvalue weighted by Crippen LogP contribution is 2.11. The fourth-order valence-corrected chi connectivity index (χ4v) is 1.67. The second-order valence-electron chi connectivity index (χ2n) is 3.61. The summed E-state index contributed by atoms with van der Waals surface area (Å²) in [6, 6.07) is 1.51. The molecule has 0 atom stereocenters. The van der Waals surface area contributed by atoms with E-state index in [1.807, 2.05) is 10.4 Å². The molecule has 0 aliphatic carbocycles. The highest BCUT2D eigenvalue weighted by Gasteiger charge is 2.15. The highest BCUT2D eigenvalue weighted by atomic mass is 35.5. The van der Waals surface area contributed by atoms with Crippen LogP contribution < -0.4 is 22.5 Å². The van der Waals surface area contributed by atoms with Gasteiger partial charge < -0.3 is 4.42 Å². The summed E-state index contributed by atoms with van der Waals surface area (Å²) in [4.78, 5) is 36.1. The fraction of sp³-hybridized carbons (Fsp3) is 0.100. The van der Waals surface area contributed by atoms with Crippen molar-refractivity contribution in [2.45, 2.75) is 6.54 Å². The molecule has 0 radical (unpaired) electrons. The Morgan fingerprint density at radius 3 is 2.95 bits per heavy atom. The Morgan fingerprint density at radius 2 is 2.26 bits per heavy atom. The number of furan rings is 1. The second kappa shape index (κ2) is 5.12. The van der Waals surface area contributed by atoms with E-state index in [-0.39, 0.29) is 17.3 Å². The Kier molecular flexibility index (Phi) is 3.54. The van der Waals surface area contributed by atoms with Gasteiger partial charge in [0, 0.05) is 11.8 Å². The first-order valence-corrected chi connectivity index (χ1v) is 5.47. The molecule has 19 heavy (non-hydrogen) atoms. The molecule has 2 heterocycles. The Hall–Kier alpha value is -2.32. The number of nitrogens with one attached hydrogen (secondary N) is 2. The molecule has 8 nitrogen and oxygen atoms in total. The molecule has 2 aromatic rings. The van der Waals surface area contributed by atoms with E-state index < -0.39 is 17.2 Å². The van der Waals surface area contributed by atoms with Crippen molar-refractivity contribution < 1.29 is 9.21 Å². The van der Waals surface area contributed by atoms with E-state index in [1.54, 1.807) is 0 Å². The van der Waals surface area contributed by atoms with Crippen LogP contribution in [0.5, 0.6) is 0 Å². The maximum atomic E-state index is 11.6. The van der Waals surface area contributed by atoms with Gasteiger partial charge in [0.05, 0.1) is 12.8 Å². The summed E-state index contributed by atoms with van der Waals surface area (Å²) < 4.78 is 6.11. The monoisotopic (exact) mass is 284 g/mol. The van der Waals surface area contributed by atoms with Crippen LogP contribution >= 0.6 is 11.6 Å². The number of H-pyrrole nitrogens is 1. The summed E-state index contributed by atoms with van der Waals surface area (Å²) in [5, 5.41) is -0.132. The first-order chi connectivity index (χ1) is 9.02. The van der Waals surface area contributed by atoms with Gasteiger partial charge in [-0.15, -0.1) is 0 Å². The number of halogens is 1. The Balaban J connectivity index is 2.40. The lowest BCUT2D eigenvalue weighted by Gasteiger charge is -2.05. The minimum absolute atomic E-state index is 0.00852. The van der Waals surface area contributed by atoms with E-state index in [0.29, 0.717) is 5.56 Å². The smallest absolute Gasteiger partial charge is 0.328 e. The van der Waals surface area contributed by atoms with E-state index in [4.69, 9.17) is 21.9 Å². The summed E-state index contributed by atoms with van der Waals surface area (Å²) in [6.45, 7) is 0.00852. The Bertz CT molecular complexity index is 730. The lowest BCUT2D eigenvalue weighted by molar-refractivity contribution is 0.0924. The predicted octanol–water partition coefficient (Wildman–Crippen LogP) is -0.565. The third-order valence-corrected chi connectivity index (χ3v) is 2.66. The van der Waals surface area contributed by atoms with Gasteiger partial charge in [0.25, 0.3) is 5.56 Å². The van der Waals surface area contributed by atoms with Gasteiger partial charge in [-0.3, -0.25) is 24.6 Å². The van der Waals surface area contributed by atoms with Gasteiger partial charge in [-0.2, -0.15) is 0 Å². The molecule has 0 unspecified atom stereocenters. The number of carbonyl (C=O) groups is 1. The SMILES string of the molecule is NNC(=O)c1occc1Cn1cc(Cl)c(=O)[nH]c1=O. The van der Waals surface area contributed by atoms with E-state index in [2.05, 4.69) is 0 Å². The number of nitrogen functional groups attached to an aromatic ring is 1. The summed E-state index contributed by atoms with van der Waals surface area (Å²) in [7, 11) is 0. The average Bonchev–Trinajstić information content (AvgIpc) is 2.83. The van der Waals surface area contributed by atoms with E-state index >= 15 is 0 Å². The maximum absolute atomic E-state index is 11.6. The average molecular weight is 285 g/mol. The molecule has 0 spiro atoms. The first kappa shape index (κ1) is 13.1. The standard InChI is InChI=1S/C10H9ClN4O4/c11-6-4-15(10(18)13-8(6)16)3-5-1-2-19-7(5)9(17)14-12/h1-2,4H,3,12H2,(H,14,17)(H,13,16,18). The summed E-state index contributed by atoms with van der Waals surface area (Å²) in [5.41, 5.74) is 1.03. The van der Waals surface area contributed by atoms with Crippen molar-refractivity contribution in [3.05, 3.63) is 55.7 Å². The Labute approximate surface area is 110 Å². The lowest BCUT2D eigenvalue weighted by Crippen LogP contribution is -2.32. The largest absolute Gasteiger partial charge is 0.459 e. The van der Waals surface area contributed by atoms with Crippen molar-refractivity contribution in [2.24, 2.45) is 5.84 Å². The number of nitrogens with two attached hydrogens (primary N) is 1. The van der Waals surface area contributed by atoms with Crippen molar-refractivity contribution in [1.29, 1.82) is 0 Å². The number of hydrogen-bond donors (Lipinski definition) is 3. The first-order valence-electron chi connectivity index (χ1n) is 5.09. The molecule has 0 saturated heterocycles. The summed E-state index contributed by atoms with van der Waals surface area (Å²) >= 11 is 5.63. The van der Waals surface area contributed by atoms with E-state index in [9.17, 15) is 14.4 Å². The quantitative estimate of drug-likeness (QED) is 0.396. The van der Waals surface area contributed by atoms with Crippen LogP contribution in [0.1, 0.15) is 16.1 Å². The van der Waals surface area contributed by atoms with Gasteiger partial charge in [0.15, 0.2) is 5.76 Å². The molecule has 0 saturated carbocycles. The van der Waals surface area contributed by atoms with Crippen molar-refractivity contribution in [1.82, 2.24) is 15.0 Å². The molecular weight excluding hydrogens is 276 g/mol. The number of carbonyl (C=O) groups excluding carboxylic acids is 1. The normalized spacial score (nSPS) is 10.4. The molecule has 100 valence electrons. The number of rotatable bonds is 3. The minimum atomic E-state index is -0.671. The van der Waals surface area contributed by atoms with Crippen LogP contribution in [-0.2, 0) is 6.54 Å². The van der Waals surface area contributed by atoms with Crippen LogP contribution in [0.15, 0.2) is 32.5 Å². The Morgan fingerprint density at radius 1 is 1.53 bits per heavy atom. The van der Waals surface area contributed by atoms with Gasteiger partial charge in [-0.05, 0) is 6.07 Å². The van der Waals surface area contributed by atoms with Gasteiger partial charge >= 0.3 is 11.6 Å². The van der Waals surface area contributed by atoms with Gasteiger partial charge in [-0.1, -0.05) is 11.6 Å². The van der Waals surface area contributed by atoms with Crippen molar-refractivity contribution in [2.75, 3.05) is 0 Å². The van der Waals surface area contributed by atoms with Crippen LogP contribution in [0, 0.1) is 0 Å². The zero-order chi connectivity index (χ0) is 14.0. The van der Waals surface area contributed by atoms with Crippen LogP contribution in [0.2, 0.25) is 5.02 Å². The van der Waals surface area contributed by atoms with Crippen LogP contribution in [0.25, 0.3) is 0 Å². The van der Waals surface area contributed by atoms with Gasteiger partial charge in [0.2, 0.25) is 0 Å². The number of amides is 1. The molecule has 1 amide bonds. The molecule has 0 aliphatic rings. The van der Waals surface area contributed by atoms with Crippen LogP contribution in [-0.4, -0.2) is 15.5 Å². The number of aromatic nitrogens is 2. The third kappa shape index (κ3) is 2.59. The van der Waals surface area contributed by atoms with Gasteiger partial charge in [-0.25, -0.2) is 10.6 Å². The molecule has 0 fully saturated rings. The second-order valence-corrected chi connectivity index (χ2v) is 4.02. The van der Waals surface area contributed by atoms with Crippen LogP contribution in [0.3, 0.4) is 0 Å². The van der Waals surface area contributed by atoms with E-state index in [0.717, 1.165) is 4.57 Å². The predicted molar refractivity (Wildman–Crippen MR) is 65.8 cm³/mol. The molecular formula is C10H9ClN4O4. The fourth-order valence-electron chi connectivity index (χ4n) is 1.51. The number of nitrogens with zero attached hydrogens (tertiary/aromatic N) is 1. The maximum Gasteiger partial charge on any atom is 0.328 e. The van der Waals surface area contributed by atoms with Crippen molar-refractivity contribution in [3.63, 3.8) is 0 Å². The van der Waals surface area contributed by atoms with Crippen LogP contribution in [0.4, 0.5) is 0 Å². The van der Waals surface area contributed by atoms with Gasteiger partial charge in [0.1, 0.15) is 5.02 Å². The molecule has 0 aliphatic heterocycles. The summed E-state index contributed by atoms with van der Waals surface area (Å²) in [6.07, 6.45) is 2.47.